The summed E-state index contributed by atoms with van der Waals surface area (Å²) in [5, 5.41) is 14.6. The lowest BCUT2D eigenvalue weighted by Crippen LogP contribution is -2.37. The van der Waals surface area contributed by atoms with Gasteiger partial charge in [-0.05, 0) is 59.7 Å². The third kappa shape index (κ3) is 11.6. The van der Waals surface area contributed by atoms with Gasteiger partial charge >= 0.3 is 12.9 Å². The molecule has 1 saturated heterocycles. The van der Waals surface area contributed by atoms with Gasteiger partial charge in [0.1, 0.15) is 0 Å². The number of sulfonamides is 2. The third-order valence-corrected chi connectivity index (χ3v) is 12.3. The maximum Gasteiger partial charge on any atom is 0.314 e. The summed E-state index contributed by atoms with van der Waals surface area (Å²) in [7, 11) is -7.55. The quantitative estimate of drug-likeness (QED) is 0.0859. The minimum absolute atomic E-state index is 0.00380. The summed E-state index contributed by atoms with van der Waals surface area (Å²) in [5.41, 5.74) is 3.11. The second kappa shape index (κ2) is 19.1. The molecule has 4 aromatic carbocycles. The fourth-order valence-electron chi connectivity index (χ4n) is 6.03. The number of hydrogen-bond donors (Lipinski definition) is 0. The van der Waals surface area contributed by atoms with Gasteiger partial charge in [-0.2, -0.15) is 17.6 Å². The molecular formula is C40H37F6N7O6S2. The van der Waals surface area contributed by atoms with Crippen molar-refractivity contribution >= 4 is 31.4 Å². The molecule has 7 rings (SSSR count). The molecule has 322 valence electrons. The molecule has 1 fully saturated rings. The monoisotopic (exact) mass is 889 g/mol. The van der Waals surface area contributed by atoms with Crippen LogP contribution in [0.15, 0.2) is 130 Å². The number of likely N-dealkylation sites (tertiary alicyclic amines) is 1. The molecule has 1 aliphatic heterocycles. The number of benzene rings is 4. The number of para-hydroxylation sites is 2. The van der Waals surface area contributed by atoms with E-state index in [0.717, 1.165) is 5.41 Å². The fraction of sp³-hybridized carbons (Fsp3) is 0.250. The van der Waals surface area contributed by atoms with E-state index in [0.29, 0.717) is 33.6 Å². The van der Waals surface area contributed by atoms with Crippen LogP contribution in [0, 0.1) is 0 Å². The number of rotatable bonds is 16. The van der Waals surface area contributed by atoms with Gasteiger partial charge in [0, 0.05) is 36.0 Å². The zero-order valence-electron chi connectivity index (χ0n) is 31.9. The van der Waals surface area contributed by atoms with Crippen molar-refractivity contribution < 1.29 is 52.0 Å². The predicted molar refractivity (Wildman–Crippen MR) is 214 cm³/mol. The average Bonchev–Trinajstić information content (AvgIpc) is 4.03. The van der Waals surface area contributed by atoms with E-state index in [1.807, 2.05) is 0 Å². The topological polar surface area (TPSA) is 156 Å². The van der Waals surface area contributed by atoms with Crippen molar-refractivity contribution in [3.05, 3.63) is 144 Å². The van der Waals surface area contributed by atoms with E-state index in [4.69, 9.17) is 8.83 Å². The van der Waals surface area contributed by atoms with Gasteiger partial charge in [-0.25, -0.2) is 25.6 Å². The lowest BCUT2D eigenvalue weighted by atomic mass is 10.1. The van der Waals surface area contributed by atoms with E-state index in [1.54, 1.807) is 109 Å². The minimum Gasteiger partial charge on any atom is -0.415 e. The molecule has 0 N–H and O–H groups in total. The van der Waals surface area contributed by atoms with Crippen molar-refractivity contribution in [2.75, 3.05) is 34.0 Å². The lowest BCUT2D eigenvalue weighted by molar-refractivity contribution is 0.0128. The van der Waals surface area contributed by atoms with E-state index in [1.165, 1.54) is 13.5 Å². The molecule has 0 aliphatic carbocycles. The van der Waals surface area contributed by atoms with Crippen LogP contribution in [-0.4, -0.2) is 73.4 Å². The SMILES string of the molecule is C=CS(=O)(=O)N(Cc1ccc(-c2nnc(C(F)F)o2)cc1)c1ccccc1.O=S(=O)(CCN1CCC(F)(F)C1)N(Cc1ccc(-c2nnc(C(F)F)o2)cc1)c1ccccc1. The number of halogens is 6. The molecule has 0 atom stereocenters. The first-order chi connectivity index (χ1) is 29.0. The maximum absolute atomic E-state index is 13.5. The summed E-state index contributed by atoms with van der Waals surface area (Å²) < 4.78 is 141. The summed E-state index contributed by atoms with van der Waals surface area (Å²) in [5.74, 6) is -4.74. The maximum atomic E-state index is 13.5. The van der Waals surface area contributed by atoms with Crippen LogP contribution < -0.4 is 8.61 Å². The van der Waals surface area contributed by atoms with E-state index in [-0.39, 0.29) is 50.1 Å². The van der Waals surface area contributed by atoms with Crippen molar-refractivity contribution in [1.82, 2.24) is 25.3 Å². The Bertz CT molecular complexity index is 2580. The Balaban J connectivity index is 0.000000210. The second-order valence-corrected chi connectivity index (χ2v) is 17.3. The molecule has 0 bridgehead atoms. The summed E-state index contributed by atoms with van der Waals surface area (Å²) in [6, 6.07) is 30.0. The Morgan fingerprint density at radius 1 is 0.672 bits per heavy atom. The van der Waals surface area contributed by atoms with Gasteiger partial charge in [-0.1, -0.05) is 67.2 Å². The molecule has 0 spiro atoms. The normalized spacial score (nSPS) is 14.2. The summed E-state index contributed by atoms with van der Waals surface area (Å²) >= 11 is 0. The van der Waals surface area contributed by atoms with Crippen LogP contribution in [0.1, 0.15) is 42.2 Å². The molecule has 3 heterocycles. The number of alkyl halides is 6. The first-order valence-electron chi connectivity index (χ1n) is 18.3. The smallest absolute Gasteiger partial charge is 0.314 e. The molecule has 0 amide bonds. The Labute approximate surface area is 347 Å². The van der Waals surface area contributed by atoms with Crippen LogP contribution in [0.4, 0.5) is 37.7 Å². The van der Waals surface area contributed by atoms with Crippen molar-refractivity contribution in [3.63, 3.8) is 0 Å². The van der Waals surface area contributed by atoms with Crippen LogP contribution in [0.2, 0.25) is 0 Å². The van der Waals surface area contributed by atoms with Crippen LogP contribution in [0.5, 0.6) is 0 Å². The zero-order chi connectivity index (χ0) is 43.8. The number of aromatic nitrogens is 4. The predicted octanol–water partition coefficient (Wildman–Crippen LogP) is 8.51. The van der Waals surface area contributed by atoms with Gasteiger partial charge in [0.05, 0.1) is 36.8 Å². The lowest BCUT2D eigenvalue weighted by Gasteiger charge is -2.26. The number of nitrogens with zero attached hydrogens (tertiary/aromatic N) is 7. The standard InChI is InChI=1S/C22H22F4N4O3S.C18H15F2N3O3S/c23-19(24)21-28-27-20(33-21)17-8-6-16(7-9-17)14-30(18-4-2-1-3-5-18)34(31,32)13-12-29-11-10-22(25,26)15-29;1-2-27(24,25)23(15-6-4-3-5-7-15)12-13-8-10-14(11-9-13)17-21-22-18(26-17)16(19)20/h1-9,19H,10-15H2;2-11,16H,1,12H2. The minimum atomic E-state index is -3.84. The summed E-state index contributed by atoms with van der Waals surface area (Å²) in [4.78, 5) is 1.45. The highest BCUT2D eigenvalue weighted by Gasteiger charge is 2.38. The molecular weight excluding hydrogens is 853 g/mol. The highest BCUT2D eigenvalue weighted by atomic mass is 32.2. The van der Waals surface area contributed by atoms with Gasteiger partial charge in [-0.3, -0.25) is 13.5 Å². The van der Waals surface area contributed by atoms with Gasteiger partial charge < -0.3 is 8.83 Å². The zero-order valence-corrected chi connectivity index (χ0v) is 33.6. The molecule has 0 saturated carbocycles. The Morgan fingerprint density at radius 3 is 1.51 bits per heavy atom. The fourth-order valence-corrected chi connectivity index (χ4v) is 8.45. The van der Waals surface area contributed by atoms with Crippen LogP contribution in [0.25, 0.3) is 22.9 Å². The van der Waals surface area contributed by atoms with Crippen LogP contribution in [-0.2, 0) is 33.1 Å². The first-order valence-corrected chi connectivity index (χ1v) is 21.4. The van der Waals surface area contributed by atoms with Gasteiger partial charge in [0.25, 0.3) is 27.7 Å². The molecule has 0 unspecified atom stereocenters. The first kappa shape index (κ1) is 44.5. The Hall–Kier alpha value is -6.06. The van der Waals surface area contributed by atoms with E-state index in [9.17, 15) is 43.2 Å². The third-order valence-electron chi connectivity index (χ3n) is 9.16. The highest BCUT2D eigenvalue weighted by molar-refractivity contribution is 7.95. The van der Waals surface area contributed by atoms with Crippen molar-refractivity contribution in [2.45, 2.75) is 38.3 Å². The van der Waals surface area contributed by atoms with E-state index in [2.05, 4.69) is 27.0 Å². The van der Waals surface area contributed by atoms with Gasteiger partial charge in [0.15, 0.2) is 0 Å². The van der Waals surface area contributed by atoms with Gasteiger partial charge in [0.2, 0.25) is 21.8 Å². The summed E-state index contributed by atoms with van der Waals surface area (Å²) in [6.45, 7) is 3.15. The van der Waals surface area contributed by atoms with Gasteiger partial charge in [-0.15, -0.1) is 20.4 Å². The van der Waals surface area contributed by atoms with Crippen molar-refractivity contribution in [2.24, 2.45) is 0 Å². The molecule has 13 nitrogen and oxygen atoms in total. The molecule has 6 aromatic rings. The van der Waals surface area contributed by atoms with Crippen molar-refractivity contribution in [3.8, 4) is 22.9 Å². The second-order valence-electron chi connectivity index (χ2n) is 13.5. The average molecular weight is 890 g/mol. The van der Waals surface area contributed by atoms with Crippen LogP contribution in [0.3, 0.4) is 0 Å². The highest BCUT2D eigenvalue weighted by Crippen LogP contribution is 2.29. The van der Waals surface area contributed by atoms with Crippen molar-refractivity contribution in [1.29, 1.82) is 0 Å². The Kier molecular flexibility index (Phi) is 13.9. The Morgan fingerprint density at radius 2 is 1.11 bits per heavy atom. The summed E-state index contributed by atoms with van der Waals surface area (Å²) in [6.07, 6.45) is -5.99. The molecule has 1 aliphatic rings. The molecule has 2 aromatic heterocycles. The largest absolute Gasteiger partial charge is 0.415 e. The molecule has 61 heavy (non-hydrogen) atoms. The van der Waals surface area contributed by atoms with E-state index >= 15 is 0 Å². The van der Waals surface area contributed by atoms with Crippen LogP contribution >= 0.6 is 0 Å². The molecule has 21 heteroatoms. The van der Waals surface area contributed by atoms with E-state index < -0.39 is 57.1 Å². The molecule has 0 radical (unpaired) electrons. The number of hydrogen-bond acceptors (Lipinski definition) is 11. The number of anilines is 2.